The van der Waals surface area contributed by atoms with Crippen molar-refractivity contribution in [3.8, 4) is 0 Å². The van der Waals surface area contributed by atoms with Gasteiger partial charge < -0.3 is 5.32 Å². The van der Waals surface area contributed by atoms with Gasteiger partial charge in [-0.15, -0.1) is 11.8 Å². The Kier molecular flexibility index (Phi) is 5.17. The Bertz CT molecular complexity index is 612. The van der Waals surface area contributed by atoms with Crippen LogP contribution < -0.4 is 5.32 Å². The Labute approximate surface area is 129 Å². The van der Waals surface area contributed by atoms with Gasteiger partial charge in [0.2, 0.25) is 0 Å². The number of rotatable bonds is 5. The highest BCUT2D eigenvalue weighted by Gasteiger charge is 2.13. The van der Waals surface area contributed by atoms with Crippen LogP contribution in [0.2, 0.25) is 0 Å². The van der Waals surface area contributed by atoms with Crippen LogP contribution in [0.15, 0.2) is 29.2 Å². The Morgan fingerprint density at radius 3 is 2.43 bits per heavy atom. The van der Waals surface area contributed by atoms with Gasteiger partial charge in [-0.1, -0.05) is 13.8 Å². The van der Waals surface area contributed by atoms with Gasteiger partial charge >= 0.3 is 0 Å². The Balaban J connectivity index is 2.17. The first-order chi connectivity index (χ1) is 10.0. The normalized spacial score (nSPS) is 11.0. The summed E-state index contributed by atoms with van der Waals surface area (Å²) in [6.07, 6.45) is 0. The zero-order valence-corrected chi connectivity index (χ0v) is 13.6. The molecule has 1 heterocycles. The lowest BCUT2D eigenvalue weighted by Gasteiger charge is -2.15. The molecule has 0 spiro atoms. The van der Waals surface area contributed by atoms with Gasteiger partial charge in [-0.25, -0.2) is 14.4 Å². The largest absolute Gasteiger partial charge is 0.373 e. The molecule has 0 saturated heterocycles. The summed E-state index contributed by atoms with van der Waals surface area (Å²) in [5, 5.41) is 3.15. The molecule has 2 aromatic rings. The summed E-state index contributed by atoms with van der Waals surface area (Å²) < 4.78 is 12.9. The van der Waals surface area contributed by atoms with Crippen LogP contribution in [0, 0.1) is 12.7 Å². The Morgan fingerprint density at radius 2 is 1.86 bits per heavy atom. The third-order valence-corrected chi connectivity index (χ3v) is 4.19. The minimum atomic E-state index is -0.217. The highest BCUT2D eigenvalue weighted by Crippen LogP contribution is 2.27. The van der Waals surface area contributed by atoms with Crippen LogP contribution >= 0.6 is 11.8 Å². The summed E-state index contributed by atoms with van der Waals surface area (Å²) in [6, 6.07) is 6.48. The van der Waals surface area contributed by atoms with Crippen molar-refractivity contribution in [2.45, 2.75) is 37.3 Å². The Hall–Kier alpha value is -1.62. The van der Waals surface area contributed by atoms with Gasteiger partial charge in [0.05, 0.1) is 5.75 Å². The molecule has 3 nitrogen and oxygen atoms in total. The highest BCUT2D eigenvalue weighted by atomic mass is 32.2. The van der Waals surface area contributed by atoms with Crippen molar-refractivity contribution in [1.82, 2.24) is 9.97 Å². The lowest BCUT2D eigenvalue weighted by molar-refractivity contribution is 0.626. The van der Waals surface area contributed by atoms with Crippen LogP contribution in [0.3, 0.4) is 0 Å². The van der Waals surface area contributed by atoms with E-state index in [2.05, 4.69) is 29.1 Å². The highest BCUT2D eigenvalue weighted by molar-refractivity contribution is 7.98. The molecule has 1 aromatic carbocycles. The summed E-state index contributed by atoms with van der Waals surface area (Å²) in [5.41, 5.74) is 2.17. The fourth-order valence-electron chi connectivity index (χ4n) is 2.26. The molecule has 1 aromatic heterocycles. The molecule has 0 radical (unpaired) electrons. The molecule has 0 saturated carbocycles. The minimum Gasteiger partial charge on any atom is -0.373 e. The molecule has 0 atom stereocenters. The summed E-state index contributed by atoms with van der Waals surface area (Å²) in [6.45, 7) is 6.29. The van der Waals surface area contributed by atoms with Gasteiger partial charge in [-0.3, -0.25) is 0 Å². The monoisotopic (exact) mass is 305 g/mol. The number of thioether (sulfide) groups is 1. The van der Waals surface area contributed by atoms with Gasteiger partial charge in [0, 0.05) is 23.2 Å². The molecule has 0 aliphatic rings. The van der Waals surface area contributed by atoms with E-state index < -0.39 is 0 Å². The second kappa shape index (κ2) is 6.89. The number of nitrogens with one attached hydrogen (secondary N) is 1. The molecule has 2 rings (SSSR count). The van der Waals surface area contributed by atoms with Crippen LogP contribution in [0.1, 0.15) is 36.8 Å². The Morgan fingerprint density at radius 1 is 1.19 bits per heavy atom. The van der Waals surface area contributed by atoms with E-state index in [1.165, 1.54) is 12.1 Å². The molecule has 0 unspecified atom stereocenters. The minimum absolute atomic E-state index is 0.217. The second-order valence-electron chi connectivity index (χ2n) is 5.13. The summed E-state index contributed by atoms with van der Waals surface area (Å²) in [7, 11) is 1.88. The van der Waals surface area contributed by atoms with E-state index in [1.807, 2.05) is 14.0 Å². The van der Waals surface area contributed by atoms with E-state index >= 15 is 0 Å². The number of aromatic nitrogens is 2. The molecule has 0 amide bonds. The number of aryl methyl sites for hydroxylation is 1. The lowest BCUT2D eigenvalue weighted by atomic mass is 10.0. The average Bonchev–Trinajstić information content (AvgIpc) is 2.45. The number of halogens is 1. The van der Waals surface area contributed by atoms with Gasteiger partial charge in [0.25, 0.3) is 0 Å². The maximum atomic E-state index is 12.9. The van der Waals surface area contributed by atoms with Crippen LogP contribution in [0.5, 0.6) is 0 Å². The molecule has 0 fully saturated rings. The second-order valence-corrected chi connectivity index (χ2v) is 6.18. The van der Waals surface area contributed by atoms with E-state index in [4.69, 9.17) is 0 Å². The van der Waals surface area contributed by atoms with Gasteiger partial charge in [-0.05, 0) is 37.1 Å². The SMILES string of the molecule is CNc1nc(CSc2ccc(F)cc2)nc(C)c1C(C)C. The van der Waals surface area contributed by atoms with Crippen LogP contribution in [0.25, 0.3) is 0 Å². The van der Waals surface area contributed by atoms with E-state index in [1.54, 1.807) is 23.9 Å². The zero-order chi connectivity index (χ0) is 15.4. The smallest absolute Gasteiger partial charge is 0.141 e. The number of nitrogens with zero attached hydrogens (tertiary/aromatic N) is 2. The lowest BCUT2D eigenvalue weighted by Crippen LogP contribution is -2.08. The van der Waals surface area contributed by atoms with E-state index in [0.29, 0.717) is 11.7 Å². The molecule has 0 aliphatic heterocycles. The number of anilines is 1. The molecule has 112 valence electrons. The number of hydrogen-bond donors (Lipinski definition) is 1. The standard InChI is InChI=1S/C16H20FN3S/c1-10(2)15-11(3)19-14(20-16(15)18-4)9-21-13-7-5-12(17)6-8-13/h5-8,10H,9H2,1-4H3,(H,18,19,20). The first kappa shape index (κ1) is 15.8. The van der Waals surface area contributed by atoms with Crippen molar-refractivity contribution in [2.75, 3.05) is 12.4 Å². The molecule has 0 bridgehead atoms. The third kappa shape index (κ3) is 3.94. The molecule has 0 aliphatic carbocycles. The third-order valence-electron chi connectivity index (χ3n) is 3.18. The quantitative estimate of drug-likeness (QED) is 0.832. The first-order valence-electron chi connectivity index (χ1n) is 6.94. The molecule has 21 heavy (non-hydrogen) atoms. The van der Waals surface area contributed by atoms with Crippen LogP contribution in [-0.2, 0) is 5.75 Å². The molecule has 5 heteroatoms. The number of benzene rings is 1. The first-order valence-corrected chi connectivity index (χ1v) is 7.93. The van der Waals surface area contributed by atoms with Crippen molar-refractivity contribution < 1.29 is 4.39 Å². The molecular formula is C16H20FN3S. The van der Waals surface area contributed by atoms with Crippen molar-refractivity contribution in [1.29, 1.82) is 0 Å². The van der Waals surface area contributed by atoms with Crippen molar-refractivity contribution in [3.05, 3.63) is 47.2 Å². The predicted octanol–water partition coefficient (Wildman–Crippen LogP) is 4.38. The fraction of sp³-hybridized carbons (Fsp3) is 0.375. The van der Waals surface area contributed by atoms with Gasteiger partial charge in [0.1, 0.15) is 17.5 Å². The van der Waals surface area contributed by atoms with Crippen LogP contribution in [-0.4, -0.2) is 17.0 Å². The van der Waals surface area contributed by atoms with Gasteiger partial charge in [-0.2, -0.15) is 0 Å². The topological polar surface area (TPSA) is 37.8 Å². The molecular weight excluding hydrogens is 285 g/mol. The van der Waals surface area contributed by atoms with Crippen molar-refractivity contribution in [3.63, 3.8) is 0 Å². The van der Waals surface area contributed by atoms with E-state index in [-0.39, 0.29) is 5.82 Å². The van der Waals surface area contributed by atoms with Crippen molar-refractivity contribution >= 4 is 17.6 Å². The average molecular weight is 305 g/mol. The number of hydrogen-bond acceptors (Lipinski definition) is 4. The summed E-state index contributed by atoms with van der Waals surface area (Å²) in [5.74, 6) is 2.51. The fourth-order valence-corrected chi connectivity index (χ4v) is 3.02. The maximum absolute atomic E-state index is 12.9. The van der Waals surface area contributed by atoms with Gasteiger partial charge in [0.15, 0.2) is 0 Å². The maximum Gasteiger partial charge on any atom is 0.141 e. The zero-order valence-electron chi connectivity index (χ0n) is 12.8. The van der Waals surface area contributed by atoms with E-state index in [0.717, 1.165) is 27.8 Å². The summed E-state index contributed by atoms with van der Waals surface area (Å²) >= 11 is 1.60. The molecule has 1 N–H and O–H groups in total. The van der Waals surface area contributed by atoms with Crippen LogP contribution in [0.4, 0.5) is 10.2 Å². The summed E-state index contributed by atoms with van der Waals surface area (Å²) in [4.78, 5) is 10.2. The van der Waals surface area contributed by atoms with Crippen molar-refractivity contribution in [2.24, 2.45) is 0 Å². The predicted molar refractivity (Wildman–Crippen MR) is 86.4 cm³/mol. The van der Waals surface area contributed by atoms with E-state index in [9.17, 15) is 4.39 Å².